The molecule has 1 saturated carbocycles. The molecule has 2 rings (SSSR count). The predicted octanol–water partition coefficient (Wildman–Crippen LogP) is 2.56. The lowest BCUT2D eigenvalue weighted by molar-refractivity contribution is 0.0444. The lowest BCUT2D eigenvalue weighted by atomic mass is 9.69. The molecule has 3 heteroatoms. The Morgan fingerprint density at radius 1 is 1.32 bits per heavy atom. The van der Waals surface area contributed by atoms with Crippen LogP contribution in [0.25, 0.3) is 0 Å². The first kappa shape index (κ1) is 14.4. The highest BCUT2D eigenvalue weighted by Gasteiger charge is 2.35. The fourth-order valence-electron chi connectivity index (χ4n) is 3.00. The second-order valence-corrected chi connectivity index (χ2v) is 5.89. The Labute approximate surface area is 116 Å². The van der Waals surface area contributed by atoms with E-state index in [1.807, 2.05) is 0 Å². The number of rotatable bonds is 6. The summed E-state index contributed by atoms with van der Waals surface area (Å²) in [5.41, 5.74) is 3.77. The average molecular weight is 263 g/mol. The van der Waals surface area contributed by atoms with Gasteiger partial charge in [0.2, 0.25) is 0 Å². The van der Waals surface area contributed by atoms with Crippen LogP contribution in [-0.4, -0.2) is 25.4 Å². The van der Waals surface area contributed by atoms with Crippen molar-refractivity contribution in [2.45, 2.75) is 39.7 Å². The largest absolute Gasteiger partial charge is 0.496 e. The van der Waals surface area contributed by atoms with E-state index < -0.39 is 0 Å². The molecule has 0 aromatic heterocycles. The molecule has 1 aliphatic rings. The van der Waals surface area contributed by atoms with Gasteiger partial charge in [-0.15, -0.1) is 0 Å². The van der Waals surface area contributed by atoms with E-state index in [0.717, 1.165) is 31.7 Å². The topological polar surface area (TPSA) is 41.5 Å². The van der Waals surface area contributed by atoms with Gasteiger partial charge in [-0.1, -0.05) is 24.1 Å². The molecular weight excluding hydrogens is 238 g/mol. The van der Waals surface area contributed by atoms with Gasteiger partial charge < -0.3 is 15.2 Å². The molecule has 1 aromatic rings. The Bertz CT molecular complexity index is 433. The number of aliphatic hydroxyl groups excluding tert-OH is 1. The van der Waals surface area contributed by atoms with E-state index in [9.17, 15) is 5.11 Å². The predicted molar refractivity (Wildman–Crippen MR) is 77.5 cm³/mol. The lowest BCUT2D eigenvalue weighted by Crippen LogP contribution is -2.42. The van der Waals surface area contributed by atoms with Gasteiger partial charge >= 0.3 is 0 Å². The van der Waals surface area contributed by atoms with Crippen LogP contribution in [0.5, 0.6) is 5.75 Å². The number of aliphatic hydroxyl groups is 1. The summed E-state index contributed by atoms with van der Waals surface area (Å²) in [6.07, 6.45) is 3.52. The highest BCUT2D eigenvalue weighted by molar-refractivity contribution is 5.43. The van der Waals surface area contributed by atoms with Crippen molar-refractivity contribution in [3.63, 3.8) is 0 Å². The summed E-state index contributed by atoms with van der Waals surface area (Å²) in [6.45, 7) is 6.17. The number of ether oxygens (including phenoxy) is 1. The molecular formula is C16H25NO2. The zero-order valence-corrected chi connectivity index (χ0v) is 12.3. The van der Waals surface area contributed by atoms with Crippen molar-refractivity contribution < 1.29 is 9.84 Å². The highest BCUT2D eigenvalue weighted by Crippen LogP contribution is 2.39. The molecule has 0 unspecified atom stereocenters. The van der Waals surface area contributed by atoms with E-state index >= 15 is 0 Å². The van der Waals surface area contributed by atoms with Gasteiger partial charge in [0.05, 0.1) is 7.11 Å². The zero-order chi connectivity index (χ0) is 13.9. The van der Waals surface area contributed by atoms with Gasteiger partial charge in [0.15, 0.2) is 0 Å². The molecule has 0 saturated heterocycles. The Morgan fingerprint density at radius 3 is 2.58 bits per heavy atom. The van der Waals surface area contributed by atoms with Gasteiger partial charge in [-0.2, -0.15) is 0 Å². The lowest BCUT2D eigenvalue weighted by Gasteiger charge is -2.40. The first-order valence-electron chi connectivity index (χ1n) is 7.06. The summed E-state index contributed by atoms with van der Waals surface area (Å²) in [6, 6.07) is 4.31. The van der Waals surface area contributed by atoms with Gasteiger partial charge in [-0.05, 0) is 32.3 Å². The minimum atomic E-state index is 0.131. The SMILES string of the molecule is COc1c(C)cc(C)cc1CNCC1(CO)CCC1. The van der Waals surface area contributed by atoms with Crippen molar-refractivity contribution in [1.29, 1.82) is 0 Å². The molecule has 0 radical (unpaired) electrons. The number of nitrogens with one attached hydrogen (secondary N) is 1. The number of benzene rings is 1. The van der Waals surface area contributed by atoms with E-state index in [1.54, 1.807) is 7.11 Å². The van der Waals surface area contributed by atoms with Crippen molar-refractivity contribution in [1.82, 2.24) is 5.32 Å². The summed E-state index contributed by atoms with van der Waals surface area (Å²) < 4.78 is 5.49. The van der Waals surface area contributed by atoms with Gasteiger partial charge in [0, 0.05) is 30.7 Å². The third-order valence-electron chi connectivity index (χ3n) is 4.27. The monoisotopic (exact) mass is 263 g/mol. The maximum Gasteiger partial charge on any atom is 0.126 e. The Morgan fingerprint density at radius 2 is 2.05 bits per heavy atom. The smallest absolute Gasteiger partial charge is 0.126 e. The molecule has 2 N–H and O–H groups in total. The molecule has 1 aliphatic carbocycles. The molecule has 0 amide bonds. The Kier molecular flexibility index (Phi) is 4.48. The van der Waals surface area contributed by atoms with Crippen molar-refractivity contribution in [2.24, 2.45) is 5.41 Å². The third-order valence-corrected chi connectivity index (χ3v) is 4.27. The minimum Gasteiger partial charge on any atom is -0.496 e. The number of hydrogen-bond donors (Lipinski definition) is 2. The molecule has 1 fully saturated rings. The van der Waals surface area contributed by atoms with Crippen LogP contribution in [0.15, 0.2) is 12.1 Å². The Hall–Kier alpha value is -1.06. The van der Waals surface area contributed by atoms with Crippen LogP contribution in [0, 0.1) is 19.3 Å². The van der Waals surface area contributed by atoms with Crippen molar-refractivity contribution >= 4 is 0 Å². The quantitative estimate of drug-likeness (QED) is 0.829. The summed E-state index contributed by atoms with van der Waals surface area (Å²) in [5.74, 6) is 0.977. The van der Waals surface area contributed by atoms with E-state index in [4.69, 9.17) is 4.74 Å². The summed E-state index contributed by atoms with van der Waals surface area (Å²) in [5, 5.41) is 12.9. The van der Waals surface area contributed by atoms with E-state index in [2.05, 4.69) is 31.3 Å². The molecule has 19 heavy (non-hydrogen) atoms. The summed E-state index contributed by atoms with van der Waals surface area (Å²) >= 11 is 0. The van der Waals surface area contributed by atoms with Crippen LogP contribution in [0.1, 0.15) is 36.0 Å². The van der Waals surface area contributed by atoms with Gasteiger partial charge in [-0.3, -0.25) is 0 Å². The van der Waals surface area contributed by atoms with Crippen LogP contribution in [0.4, 0.5) is 0 Å². The van der Waals surface area contributed by atoms with E-state index in [-0.39, 0.29) is 5.41 Å². The molecule has 0 bridgehead atoms. The molecule has 0 atom stereocenters. The standard InChI is InChI=1S/C16H25NO2/c1-12-7-13(2)15(19-3)14(8-12)9-17-10-16(11-18)5-4-6-16/h7-8,17-18H,4-6,9-11H2,1-3H3. The number of hydrogen-bond acceptors (Lipinski definition) is 3. The van der Waals surface area contributed by atoms with Crippen LogP contribution in [-0.2, 0) is 6.54 Å². The summed E-state index contributed by atoms with van der Waals surface area (Å²) in [4.78, 5) is 0. The van der Waals surface area contributed by atoms with Crippen LogP contribution >= 0.6 is 0 Å². The van der Waals surface area contributed by atoms with E-state index in [0.29, 0.717) is 6.61 Å². The van der Waals surface area contributed by atoms with Gasteiger partial charge in [0.1, 0.15) is 5.75 Å². The first-order valence-corrected chi connectivity index (χ1v) is 7.06. The summed E-state index contributed by atoms with van der Waals surface area (Å²) in [7, 11) is 1.72. The molecule has 106 valence electrons. The number of methoxy groups -OCH3 is 1. The number of aryl methyl sites for hydroxylation is 2. The fraction of sp³-hybridized carbons (Fsp3) is 0.625. The van der Waals surface area contributed by atoms with Crippen LogP contribution in [0.2, 0.25) is 0 Å². The van der Waals surface area contributed by atoms with Crippen LogP contribution in [0.3, 0.4) is 0 Å². The normalized spacial score (nSPS) is 17.1. The van der Waals surface area contributed by atoms with Crippen molar-refractivity contribution in [3.05, 3.63) is 28.8 Å². The molecule has 0 spiro atoms. The molecule has 3 nitrogen and oxygen atoms in total. The average Bonchev–Trinajstić information content (AvgIpc) is 2.32. The second kappa shape index (κ2) is 5.93. The molecule has 1 aromatic carbocycles. The first-order chi connectivity index (χ1) is 9.10. The van der Waals surface area contributed by atoms with Crippen molar-refractivity contribution in [3.8, 4) is 5.75 Å². The molecule has 0 heterocycles. The van der Waals surface area contributed by atoms with Gasteiger partial charge in [-0.25, -0.2) is 0 Å². The fourth-order valence-corrected chi connectivity index (χ4v) is 3.00. The highest BCUT2D eigenvalue weighted by atomic mass is 16.5. The third kappa shape index (κ3) is 3.10. The van der Waals surface area contributed by atoms with E-state index in [1.165, 1.54) is 23.1 Å². The van der Waals surface area contributed by atoms with Crippen molar-refractivity contribution in [2.75, 3.05) is 20.3 Å². The second-order valence-electron chi connectivity index (χ2n) is 5.89. The Balaban J connectivity index is 1.99. The maximum absolute atomic E-state index is 9.46. The molecule has 0 aliphatic heterocycles. The zero-order valence-electron chi connectivity index (χ0n) is 12.3. The van der Waals surface area contributed by atoms with Gasteiger partial charge in [0.25, 0.3) is 0 Å². The minimum absolute atomic E-state index is 0.131. The maximum atomic E-state index is 9.46. The van der Waals surface area contributed by atoms with Crippen LogP contribution < -0.4 is 10.1 Å².